The fraction of sp³-hybridized carbons (Fsp3) is 0.667. The Morgan fingerprint density at radius 3 is 2.11 bits per heavy atom. The molecular weight excluding hydrogens is 250 g/mol. The number of amides is 4. The third-order valence-corrected chi connectivity index (χ3v) is 3.70. The fourth-order valence-corrected chi connectivity index (χ4v) is 2.45. The van der Waals surface area contributed by atoms with E-state index in [2.05, 4.69) is 0 Å². The predicted octanol–water partition coefficient (Wildman–Crippen LogP) is -1.14. The molecule has 0 radical (unpaired) electrons. The van der Waals surface area contributed by atoms with Gasteiger partial charge in [-0.05, 0) is 12.8 Å². The highest BCUT2D eigenvalue weighted by Gasteiger charge is 2.33. The Kier molecular flexibility index (Phi) is 3.82. The molecule has 2 N–H and O–H groups in total. The summed E-state index contributed by atoms with van der Waals surface area (Å²) in [5.41, 5.74) is 5.22. The van der Waals surface area contributed by atoms with Crippen LogP contribution in [0.3, 0.4) is 0 Å². The molecule has 4 amide bonds. The number of likely N-dealkylation sites (tertiary alicyclic amines) is 2. The quantitative estimate of drug-likeness (QED) is 0.653. The second-order valence-corrected chi connectivity index (χ2v) is 4.93. The number of hydrogen-bond acceptors (Lipinski definition) is 4. The van der Waals surface area contributed by atoms with Crippen LogP contribution in [0.4, 0.5) is 0 Å². The molecule has 2 heterocycles. The first-order chi connectivity index (χ1) is 8.99. The molecule has 0 spiro atoms. The number of primary amides is 1. The number of nitrogens with two attached hydrogens (primary N) is 1. The van der Waals surface area contributed by atoms with Gasteiger partial charge in [-0.25, -0.2) is 0 Å². The van der Waals surface area contributed by atoms with Gasteiger partial charge in [-0.15, -0.1) is 0 Å². The van der Waals surface area contributed by atoms with Gasteiger partial charge in [0.1, 0.15) is 6.54 Å². The van der Waals surface area contributed by atoms with Crippen molar-refractivity contribution in [2.45, 2.75) is 25.7 Å². The molecule has 0 aromatic heterocycles. The lowest BCUT2D eigenvalue weighted by Gasteiger charge is -2.31. The van der Waals surface area contributed by atoms with Crippen LogP contribution >= 0.6 is 0 Å². The summed E-state index contributed by atoms with van der Waals surface area (Å²) in [6.07, 6.45) is 1.47. The second-order valence-electron chi connectivity index (χ2n) is 4.93. The van der Waals surface area contributed by atoms with Crippen LogP contribution in [-0.2, 0) is 19.2 Å². The first kappa shape index (κ1) is 13.5. The van der Waals surface area contributed by atoms with Crippen molar-refractivity contribution in [3.63, 3.8) is 0 Å². The lowest BCUT2D eigenvalue weighted by atomic mass is 9.96. The SMILES string of the molecule is NC(=O)C1CCN(C(=O)CN2C(=O)CCC2=O)CC1. The van der Waals surface area contributed by atoms with Crippen molar-refractivity contribution < 1.29 is 19.2 Å². The van der Waals surface area contributed by atoms with Crippen molar-refractivity contribution in [1.29, 1.82) is 0 Å². The van der Waals surface area contributed by atoms with E-state index in [9.17, 15) is 19.2 Å². The molecule has 2 saturated heterocycles. The van der Waals surface area contributed by atoms with Crippen LogP contribution in [0.1, 0.15) is 25.7 Å². The standard InChI is InChI=1S/C12H17N3O4/c13-12(19)8-3-5-14(6-4-8)11(18)7-15-9(16)1-2-10(15)17/h8H,1-7H2,(H2,13,19). The average molecular weight is 267 g/mol. The monoisotopic (exact) mass is 267 g/mol. The van der Waals surface area contributed by atoms with Gasteiger partial charge in [0.25, 0.3) is 0 Å². The Morgan fingerprint density at radius 1 is 1.11 bits per heavy atom. The van der Waals surface area contributed by atoms with Crippen LogP contribution in [0.5, 0.6) is 0 Å². The molecular formula is C12H17N3O4. The summed E-state index contributed by atoms with van der Waals surface area (Å²) < 4.78 is 0. The summed E-state index contributed by atoms with van der Waals surface area (Å²) in [6, 6.07) is 0. The first-order valence-electron chi connectivity index (χ1n) is 6.39. The summed E-state index contributed by atoms with van der Waals surface area (Å²) in [4.78, 5) is 48.4. The summed E-state index contributed by atoms with van der Waals surface area (Å²) in [6.45, 7) is 0.713. The Labute approximate surface area is 110 Å². The van der Waals surface area contributed by atoms with Crippen LogP contribution in [0.25, 0.3) is 0 Å². The predicted molar refractivity (Wildman–Crippen MR) is 64.5 cm³/mol. The van der Waals surface area contributed by atoms with Crippen LogP contribution in [-0.4, -0.2) is 53.1 Å². The molecule has 0 aliphatic carbocycles. The number of rotatable bonds is 3. The van der Waals surface area contributed by atoms with Crippen molar-refractivity contribution in [2.75, 3.05) is 19.6 Å². The zero-order valence-electron chi connectivity index (χ0n) is 10.6. The molecule has 0 bridgehead atoms. The van der Waals surface area contributed by atoms with Gasteiger partial charge in [0, 0.05) is 31.8 Å². The van der Waals surface area contributed by atoms with E-state index in [4.69, 9.17) is 5.73 Å². The van der Waals surface area contributed by atoms with Gasteiger partial charge in [-0.2, -0.15) is 0 Å². The molecule has 0 saturated carbocycles. The molecule has 0 aromatic rings. The minimum absolute atomic E-state index is 0.181. The van der Waals surface area contributed by atoms with Gasteiger partial charge in [-0.1, -0.05) is 0 Å². The third kappa shape index (κ3) is 2.91. The Balaban J connectivity index is 1.86. The van der Waals surface area contributed by atoms with E-state index in [1.54, 1.807) is 4.90 Å². The maximum atomic E-state index is 12.0. The molecule has 0 unspecified atom stereocenters. The smallest absolute Gasteiger partial charge is 0.242 e. The lowest BCUT2D eigenvalue weighted by Crippen LogP contribution is -2.46. The summed E-state index contributed by atoms with van der Waals surface area (Å²) in [7, 11) is 0. The van der Waals surface area contributed by atoms with Crippen molar-refractivity contribution in [1.82, 2.24) is 9.80 Å². The topological polar surface area (TPSA) is 101 Å². The molecule has 2 aliphatic rings. The van der Waals surface area contributed by atoms with E-state index >= 15 is 0 Å². The minimum Gasteiger partial charge on any atom is -0.369 e. The van der Waals surface area contributed by atoms with Crippen LogP contribution in [0, 0.1) is 5.92 Å². The van der Waals surface area contributed by atoms with Gasteiger partial charge >= 0.3 is 0 Å². The van der Waals surface area contributed by atoms with Crippen molar-refractivity contribution in [3.8, 4) is 0 Å². The van der Waals surface area contributed by atoms with Gasteiger partial charge in [0.2, 0.25) is 23.6 Å². The number of carbonyl (C=O) groups is 4. The molecule has 2 rings (SSSR count). The highest BCUT2D eigenvalue weighted by Crippen LogP contribution is 2.18. The third-order valence-electron chi connectivity index (χ3n) is 3.70. The maximum Gasteiger partial charge on any atom is 0.242 e. The minimum atomic E-state index is -0.336. The first-order valence-corrected chi connectivity index (χ1v) is 6.39. The number of hydrogen-bond donors (Lipinski definition) is 1. The molecule has 7 nitrogen and oxygen atoms in total. The fourth-order valence-electron chi connectivity index (χ4n) is 2.45. The van der Waals surface area contributed by atoms with Gasteiger partial charge < -0.3 is 10.6 Å². The van der Waals surface area contributed by atoms with E-state index in [0.29, 0.717) is 25.9 Å². The number of nitrogens with zero attached hydrogens (tertiary/aromatic N) is 2. The van der Waals surface area contributed by atoms with E-state index in [1.165, 1.54) is 0 Å². The highest BCUT2D eigenvalue weighted by atomic mass is 16.2. The highest BCUT2D eigenvalue weighted by molar-refractivity contribution is 6.04. The van der Waals surface area contributed by atoms with E-state index < -0.39 is 0 Å². The molecule has 2 aliphatic heterocycles. The molecule has 0 aromatic carbocycles. The van der Waals surface area contributed by atoms with E-state index in [1.807, 2.05) is 0 Å². The lowest BCUT2D eigenvalue weighted by molar-refractivity contribution is -0.146. The number of imide groups is 1. The Bertz CT molecular complexity index is 411. The largest absolute Gasteiger partial charge is 0.369 e. The van der Waals surface area contributed by atoms with Gasteiger partial charge in [0.05, 0.1) is 0 Å². The molecule has 104 valence electrons. The summed E-state index contributed by atoms with van der Waals surface area (Å²) in [5, 5.41) is 0. The van der Waals surface area contributed by atoms with Crippen LogP contribution in [0.15, 0.2) is 0 Å². The zero-order chi connectivity index (χ0) is 14.0. The Hall–Kier alpha value is -1.92. The molecule has 7 heteroatoms. The van der Waals surface area contributed by atoms with E-state index in [0.717, 1.165) is 4.90 Å². The van der Waals surface area contributed by atoms with Crippen molar-refractivity contribution >= 4 is 23.6 Å². The summed E-state index contributed by atoms with van der Waals surface area (Å²) in [5.74, 6) is -1.33. The normalized spacial score (nSPS) is 21.1. The van der Waals surface area contributed by atoms with Gasteiger partial charge in [0.15, 0.2) is 0 Å². The van der Waals surface area contributed by atoms with Crippen molar-refractivity contribution in [3.05, 3.63) is 0 Å². The van der Waals surface area contributed by atoms with Crippen molar-refractivity contribution in [2.24, 2.45) is 11.7 Å². The Morgan fingerprint density at radius 2 is 1.63 bits per heavy atom. The number of carbonyl (C=O) groups excluding carboxylic acids is 4. The molecule has 19 heavy (non-hydrogen) atoms. The molecule has 2 fully saturated rings. The van der Waals surface area contributed by atoms with Crippen LogP contribution in [0.2, 0.25) is 0 Å². The molecule has 0 atom stereocenters. The second kappa shape index (κ2) is 5.38. The maximum absolute atomic E-state index is 12.0. The van der Waals surface area contributed by atoms with E-state index in [-0.39, 0.29) is 48.9 Å². The zero-order valence-corrected chi connectivity index (χ0v) is 10.6. The average Bonchev–Trinajstić information content (AvgIpc) is 2.70. The van der Waals surface area contributed by atoms with Gasteiger partial charge in [-0.3, -0.25) is 24.1 Å². The van der Waals surface area contributed by atoms with Crippen LogP contribution < -0.4 is 5.73 Å². The summed E-state index contributed by atoms with van der Waals surface area (Å²) >= 11 is 0. The number of piperidine rings is 1.